The fourth-order valence-electron chi connectivity index (χ4n) is 9.26. The van der Waals surface area contributed by atoms with Gasteiger partial charge in [0.2, 0.25) is 0 Å². The summed E-state index contributed by atoms with van der Waals surface area (Å²) in [5, 5.41) is 0. The smallest absolute Gasteiger partial charge is 0.0353 e. The summed E-state index contributed by atoms with van der Waals surface area (Å²) in [6, 6.07) is 0. The first-order valence-corrected chi connectivity index (χ1v) is 29.5. The minimum Gasteiger partial charge on any atom is -0.122 e. The molecule has 0 spiro atoms. The molecule has 0 aromatic heterocycles. The summed E-state index contributed by atoms with van der Waals surface area (Å²) in [5.74, 6) is 0. The van der Waals surface area contributed by atoms with Gasteiger partial charge in [0.05, 0.1) is 0 Å². The molecule has 1 heteroatoms. The molecule has 0 unspecified atom stereocenters. The van der Waals surface area contributed by atoms with Crippen molar-refractivity contribution < 1.29 is 0 Å². The highest BCUT2D eigenvalue weighted by molar-refractivity contribution is 7.37. The molecule has 0 saturated carbocycles. The number of rotatable bonds is 54. The van der Waals surface area contributed by atoms with Gasteiger partial charge in [-0.1, -0.05) is 335 Å². The SMILES string of the molecule is CCCCCCCCCCCCCCCCCCCCCCCCCCCCPCCCCCCCCCCCCCCCCCCCCCCCCCCCC. The number of hydrogen-bond acceptors (Lipinski definition) is 0. The lowest BCUT2D eigenvalue weighted by Crippen LogP contribution is -1.86. The Bertz CT molecular complexity index is 589. The topological polar surface area (TPSA) is 0 Å². The van der Waals surface area contributed by atoms with Gasteiger partial charge in [-0.2, -0.15) is 0 Å². The zero-order valence-electron chi connectivity index (χ0n) is 40.7. The number of unbranched alkanes of at least 4 members (excludes halogenated alkanes) is 50. The zero-order valence-corrected chi connectivity index (χ0v) is 41.7. The van der Waals surface area contributed by atoms with Gasteiger partial charge in [0, 0.05) is 0 Å². The van der Waals surface area contributed by atoms with E-state index in [-0.39, 0.29) is 0 Å². The summed E-state index contributed by atoms with van der Waals surface area (Å²) in [6.45, 7) is 4.63. The second kappa shape index (κ2) is 56.4. The molecule has 0 N–H and O–H groups in total. The van der Waals surface area contributed by atoms with E-state index in [4.69, 9.17) is 0 Å². The van der Waals surface area contributed by atoms with Gasteiger partial charge in [0.1, 0.15) is 0 Å². The van der Waals surface area contributed by atoms with Crippen molar-refractivity contribution in [1.29, 1.82) is 0 Å². The highest BCUT2D eigenvalue weighted by atomic mass is 31.1. The Morgan fingerprint density at radius 1 is 0.140 bits per heavy atom. The normalized spacial score (nSPS) is 11.7. The van der Waals surface area contributed by atoms with Crippen molar-refractivity contribution in [2.75, 3.05) is 12.3 Å². The minimum atomic E-state index is 1.25. The average Bonchev–Trinajstić information content (AvgIpc) is 3.22. The van der Waals surface area contributed by atoms with Crippen LogP contribution in [0.5, 0.6) is 0 Å². The highest BCUT2D eigenvalue weighted by Crippen LogP contribution is 2.20. The molecule has 0 aromatic carbocycles. The molecule has 0 nitrogen and oxygen atoms in total. The van der Waals surface area contributed by atoms with Gasteiger partial charge in [0.15, 0.2) is 0 Å². The van der Waals surface area contributed by atoms with Gasteiger partial charge in [-0.3, -0.25) is 0 Å². The quantitative estimate of drug-likeness (QED) is 0.0424. The Morgan fingerprint density at radius 3 is 0.368 bits per heavy atom. The van der Waals surface area contributed by atoms with Crippen molar-refractivity contribution in [1.82, 2.24) is 0 Å². The molecule has 0 radical (unpaired) electrons. The van der Waals surface area contributed by atoms with Crippen LogP contribution in [0.2, 0.25) is 0 Å². The maximum atomic E-state index is 2.31. The Morgan fingerprint density at radius 2 is 0.246 bits per heavy atom. The van der Waals surface area contributed by atoms with Crippen LogP contribution in [-0.4, -0.2) is 12.3 Å². The van der Waals surface area contributed by atoms with Gasteiger partial charge in [-0.05, 0) is 25.2 Å². The molecule has 57 heavy (non-hydrogen) atoms. The van der Waals surface area contributed by atoms with E-state index in [1.165, 1.54) is 355 Å². The van der Waals surface area contributed by atoms with Crippen LogP contribution in [0.4, 0.5) is 0 Å². The first kappa shape index (κ1) is 57.4. The molecule has 0 aromatic rings. The molecule has 0 saturated heterocycles. The molecule has 0 aliphatic rings. The van der Waals surface area contributed by atoms with Crippen LogP contribution in [0.15, 0.2) is 0 Å². The fourth-order valence-corrected chi connectivity index (χ4v) is 10.5. The van der Waals surface area contributed by atoms with Crippen LogP contribution in [0.1, 0.15) is 348 Å². The minimum absolute atomic E-state index is 1.25. The number of hydrogen-bond donors (Lipinski definition) is 0. The Kier molecular flexibility index (Phi) is 56.9. The molecule has 0 fully saturated rings. The third kappa shape index (κ3) is 56.4. The lowest BCUT2D eigenvalue weighted by molar-refractivity contribution is 0.516. The third-order valence-corrected chi connectivity index (χ3v) is 14.8. The molecule has 0 aliphatic heterocycles. The van der Waals surface area contributed by atoms with Crippen molar-refractivity contribution in [3.63, 3.8) is 0 Å². The van der Waals surface area contributed by atoms with Crippen LogP contribution in [0.25, 0.3) is 0 Å². The predicted molar refractivity (Wildman–Crippen MR) is 269 cm³/mol. The summed E-state index contributed by atoms with van der Waals surface area (Å²) in [7, 11) is 1.25. The molecular formula is C56H115P. The molecule has 0 rings (SSSR count). The summed E-state index contributed by atoms with van der Waals surface area (Å²) < 4.78 is 0. The molecular weight excluding hydrogens is 704 g/mol. The summed E-state index contributed by atoms with van der Waals surface area (Å²) >= 11 is 0. The van der Waals surface area contributed by atoms with Gasteiger partial charge in [-0.25, -0.2) is 0 Å². The summed E-state index contributed by atoms with van der Waals surface area (Å²) in [6.07, 6.45) is 80.5. The maximum Gasteiger partial charge on any atom is -0.0353 e. The van der Waals surface area contributed by atoms with Crippen molar-refractivity contribution in [2.24, 2.45) is 0 Å². The second-order valence-electron chi connectivity index (χ2n) is 19.4. The summed E-state index contributed by atoms with van der Waals surface area (Å²) in [4.78, 5) is 0. The molecule has 0 heterocycles. The second-order valence-corrected chi connectivity index (χ2v) is 20.9. The molecule has 0 amide bonds. The van der Waals surface area contributed by atoms with E-state index in [9.17, 15) is 0 Å². The van der Waals surface area contributed by atoms with Crippen LogP contribution in [0.3, 0.4) is 0 Å². The standard InChI is InChI=1S/C56H115P/c1-3-5-7-9-11-13-15-17-19-21-23-25-27-29-31-33-35-37-39-41-43-45-47-49-51-53-55-57-56-54-52-50-48-46-44-42-40-38-36-34-32-30-28-26-24-22-20-18-16-14-12-10-8-6-4-2/h57H,3-56H2,1-2H3. The van der Waals surface area contributed by atoms with Crippen molar-refractivity contribution in [3.05, 3.63) is 0 Å². The highest BCUT2D eigenvalue weighted by Gasteiger charge is 1.99. The molecule has 344 valence electrons. The van der Waals surface area contributed by atoms with Crippen LogP contribution in [-0.2, 0) is 0 Å². The van der Waals surface area contributed by atoms with E-state index in [1.807, 2.05) is 0 Å². The average molecular weight is 820 g/mol. The van der Waals surface area contributed by atoms with Gasteiger partial charge >= 0.3 is 0 Å². The van der Waals surface area contributed by atoms with Crippen LogP contribution < -0.4 is 0 Å². The summed E-state index contributed by atoms with van der Waals surface area (Å²) in [5.41, 5.74) is 0. The molecule has 0 atom stereocenters. The first-order valence-electron chi connectivity index (χ1n) is 28.1. The van der Waals surface area contributed by atoms with E-state index in [2.05, 4.69) is 13.8 Å². The van der Waals surface area contributed by atoms with Crippen molar-refractivity contribution in [2.45, 2.75) is 348 Å². The lowest BCUT2D eigenvalue weighted by Gasteiger charge is -2.05. The molecule has 0 aliphatic carbocycles. The van der Waals surface area contributed by atoms with Crippen molar-refractivity contribution >= 4 is 8.58 Å². The fraction of sp³-hybridized carbons (Fsp3) is 1.00. The predicted octanol–water partition coefficient (Wildman–Crippen LogP) is 22.0. The van der Waals surface area contributed by atoms with E-state index in [0.717, 1.165) is 0 Å². The van der Waals surface area contributed by atoms with Crippen LogP contribution in [0, 0.1) is 0 Å². The van der Waals surface area contributed by atoms with E-state index in [0.29, 0.717) is 0 Å². The van der Waals surface area contributed by atoms with E-state index in [1.54, 1.807) is 0 Å². The van der Waals surface area contributed by atoms with Crippen LogP contribution >= 0.6 is 8.58 Å². The van der Waals surface area contributed by atoms with E-state index < -0.39 is 0 Å². The van der Waals surface area contributed by atoms with Gasteiger partial charge in [0.25, 0.3) is 0 Å². The monoisotopic (exact) mass is 819 g/mol. The van der Waals surface area contributed by atoms with Crippen molar-refractivity contribution in [3.8, 4) is 0 Å². The Balaban J connectivity index is 3.05. The Labute approximate surface area is 367 Å². The zero-order chi connectivity index (χ0) is 40.9. The van der Waals surface area contributed by atoms with Gasteiger partial charge < -0.3 is 0 Å². The first-order chi connectivity index (χ1) is 28.4. The van der Waals surface area contributed by atoms with Gasteiger partial charge in [-0.15, -0.1) is 8.58 Å². The van der Waals surface area contributed by atoms with E-state index >= 15 is 0 Å². The maximum absolute atomic E-state index is 2.31. The Hall–Kier alpha value is 0.430. The largest absolute Gasteiger partial charge is 0.122 e. The lowest BCUT2D eigenvalue weighted by atomic mass is 10.0. The third-order valence-electron chi connectivity index (χ3n) is 13.4. The molecule has 0 bridgehead atoms.